The second-order valence-corrected chi connectivity index (χ2v) is 5.96. The fraction of sp³-hybridized carbons (Fsp3) is 0.0909. The molecule has 0 unspecified atom stereocenters. The summed E-state index contributed by atoms with van der Waals surface area (Å²) in [4.78, 5) is 20.1. The first-order chi connectivity index (χ1) is 13.2. The number of carbonyl (C=O) groups excluding carboxylic acids is 1. The van der Waals surface area contributed by atoms with Crippen molar-refractivity contribution in [1.82, 2.24) is 9.97 Å². The minimum atomic E-state index is -0.475. The van der Waals surface area contributed by atoms with E-state index in [1.54, 1.807) is 6.07 Å². The average Bonchev–Trinajstić information content (AvgIpc) is 3.10. The molecule has 0 bridgehead atoms. The minimum Gasteiger partial charge on any atom is -0.481 e. The SMILES string of the molecule is C#CCOc1ccc(-c2nc(C(=O)OC)cc3c2[nH]c2ccccc23)cc1. The van der Waals surface area contributed by atoms with Crippen LogP contribution in [0, 0.1) is 12.3 Å². The Morgan fingerprint density at radius 2 is 1.93 bits per heavy atom. The van der Waals surface area contributed by atoms with Crippen molar-refractivity contribution in [3.05, 3.63) is 60.3 Å². The minimum absolute atomic E-state index is 0.210. The van der Waals surface area contributed by atoms with Crippen molar-refractivity contribution in [3.63, 3.8) is 0 Å². The van der Waals surface area contributed by atoms with Crippen LogP contribution < -0.4 is 4.74 Å². The van der Waals surface area contributed by atoms with E-state index in [9.17, 15) is 4.79 Å². The number of nitrogens with one attached hydrogen (secondary N) is 1. The van der Waals surface area contributed by atoms with Crippen molar-refractivity contribution in [1.29, 1.82) is 0 Å². The first-order valence-corrected chi connectivity index (χ1v) is 8.37. The van der Waals surface area contributed by atoms with Crippen LogP contribution in [0.5, 0.6) is 5.75 Å². The van der Waals surface area contributed by atoms with Crippen LogP contribution in [0.4, 0.5) is 0 Å². The number of H-pyrrole nitrogens is 1. The number of carbonyl (C=O) groups is 1. The molecule has 0 amide bonds. The van der Waals surface area contributed by atoms with Gasteiger partial charge >= 0.3 is 5.97 Å². The lowest BCUT2D eigenvalue weighted by molar-refractivity contribution is 0.0594. The van der Waals surface area contributed by atoms with Crippen LogP contribution >= 0.6 is 0 Å². The van der Waals surface area contributed by atoms with E-state index in [-0.39, 0.29) is 12.3 Å². The molecule has 5 heteroatoms. The molecule has 0 aliphatic carbocycles. The summed E-state index contributed by atoms with van der Waals surface area (Å²) in [6.07, 6.45) is 5.22. The highest BCUT2D eigenvalue weighted by molar-refractivity contribution is 6.12. The first kappa shape index (κ1) is 16.7. The van der Waals surface area contributed by atoms with Crippen molar-refractivity contribution in [2.75, 3.05) is 13.7 Å². The number of fused-ring (bicyclic) bond motifs is 3. The number of hydrogen-bond acceptors (Lipinski definition) is 4. The summed E-state index contributed by atoms with van der Waals surface area (Å²) >= 11 is 0. The van der Waals surface area contributed by atoms with Crippen LogP contribution in [0.3, 0.4) is 0 Å². The Hall–Kier alpha value is -3.78. The number of rotatable bonds is 4. The van der Waals surface area contributed by atoms with Crippen LogP contribution in [0.2, 0.25) is 0 Å². The van der Waals surface area contributed by atoms with Gasteiger partial charge in [0.1, 0.15) is 18.1 Å². The third-order valence-electron chi connectivity index (χ3n) is 4.34. The Bertz CT molecular complexity index is 1180. The molecular weight excluding hydrogens is 340 g/mol. The van der Waals surface area contributed by atoms with Crippen LogP contribution in [-0.2, 0) is 4.74 Å². The molecule has 2 aromatic heterocycles. The van der Waals surface area contributed by atoms with E-state index in [0.29, 0.717) is 11.4 Å². The van der Waals surface area contributed by atoms with Gasteiger partial charge in [-0.3, -0.25) is 0 Å². The van der Waals surface area contributed by atoms with E-state index in [1.165, 1.54) is 7.11 Å². The molecular formula is C22H16N2O3. The molecule has 27 heavy (non-hydrogen) atoms. The number of nitrogens with zero attached hydrogens (tertiary/aromatic N) is 1. The van der Waals surface area contributed by atoms with E-state index in [2.05, 4.69) is 15.9 Å². The van der Waals surface area contributed by atoms with Crippen LogP contribution in [-0.4, -0.2) is 29.7 Å². The van der Waals surface area contributed by atoms with Gasteiger partial charge < -0.3 is 14.5 Å². The van der Waals surface area contributed by atoms with Crippen molar-refractivity contribution in [2.45, 2.75) is 0 Å². The number of aromatic amines is 1. The number of para-hydroxylation sites is 1. The number of pyridine rings is 1. The van der Waals surface area contributed by atoms with Gasteiger partial charge in [-0.2, -0.15) is 0 Å². The molecule has 0 aliphatic rings. The molecule has 4 rings (SSSR count). The summed E-state index contributed by atoms with van der Waals surface area (Å²) in [6, 6.07) is 17.1. The maximum Gasteiger partial charge on any atom is 0.356 e. The molecule has 0 radical (unpaired) electrons. The normalized spacial score (nSPS) is 10.7. The molecule has 1 N–H and O–H groups in total. The Labute approximate surface area is 155 Å². The number of aromatic nitrogens is 2. The first-order valence-electron chi connectivity index (χ1n) is 8.37. The highest BCUT2D eigenvalue weighted by atomic mass is 16.5. The van der Waals surface area contributed by atoms with Crippen LogP contribution in [0.15, 0.2) is 54.6 Å². The summed E-state index contributed by atoms with van der Waals surface area (Å²) in [6.45, 7) is 0.210. The number of hydrogen-bond donors (Lipinski definition) is 1. The maximum absolute atomic E-state index is 12.1. The van der Waals surface area contributed by atoms with Gasteiger partial charge in [-0.05, 0) is 36.4 Å². The van der Waals surface area contributed by atoms with Crippen molar-refractivity contribution in [3.8, 4) is 29.4 Å². The Morgan fingerprint density at radius 3 is 2.67 bits per heavy atom. The average molecular weight is 356 g/mol. The second kappa shape index (κ2) is 6.85. The molecule has 0 spiro atoms. The third-order valence-corrected chi connectivity index (χ3v) is 4.34. The van der Waals surface area contributed by atoms with E-state index in [4.69, 9.17) is 15.9 Å². The molecule has 5 nitrogen and oxygen atoms in total. The van der Waals surface area contributed by atoms with Gasteiger partial charge in [0.25, 0.3) is 0 Å². The zero-order chi connectivity index (χ0) is 18.8. The molecule has 0 saturated heterocycles. The molecule has 2 heterocycles. The van der Waals surface area contributed by atoms with E-state index < -0.39 is 5.97 Å². The number of terminal acetylenes is 1. The summed E-state index contributed by atoms with van der Waals surface area (Å²) in [5.74, 6) is 2.64. The summed E-state index contributed by atoms with van der Waals surface area (Å²) in [7, 11) is 1.35. The zero-order valence-electron chi connectivity index (χ0n) is 14.7. The van der Waals surface area contributed by atoms with Gasteiger partial charge in [0, 0.05) is 21.9 Å². The standard InChI is InChI=1S/C22H16N2O3/c1-3-12-27-15-10-8-14(9-11-15)20-21-17(13-19(24-20)22(25)26-2)16-6-4-5-7-18(16)23-21/h1,4-11,13,23H,12H2,2H3. The Morgan fingerprint density at radius 1 is 1.15 bits per heavy atom. The summed E-state index contributed by atoms with van der Waals surface area (Å²) in [5.41, 5.74) is 3.63. The van der Waals surface area contributed by atoms with Crippen LogP contribution in [0.1, 0.15) is 10.5 Å². The van der Waals surface area contributed by atoms with Gasteiger partial charge in [0.15, 0.2) is 0 Å². The monoisotopic (exact) mass is 356 g/mol. The van der Waals surface area contributed by atoms with Gasteiger partial charge in [-0.15, -0.1) is 6.42 Å². The molecule has 0 saturated carbocycles. The van der Waals surface area contributed by atoms with Gasteiger partial charge in [0.05, 0.1) is 18.3 Å². The number of benzene rings is 2. The number of esters is 1. The Balaban J connectivity index is 1.92. The highest BCUT2D eigenvalue weighted by Crippen LogP contribution is 2.33. The predicted octanol–water partition coefficient (Wildman–Crippen LogP) is 4.18. The second-order valence-electron chi connectivity index (χ2n) is 5.96. The smallest absolute Gasteiger partial charge is 0.356 e. The van der Waals surface area contributed by atoms with Crippen molar-refractivity contribution >= 4 is 27.8 Å². The molecule has 4 aromatic rings. The number of methoxy groups -OCH3 is 1. The fourth-order valence-corrected chi connectivity index (χ4v) is 3.10. The van der Waals surface area contributed by atoms with Crippen molar-refractivity contribution in [2.24, 2.45) is 0 Å². The lowest BCUT2D eigenvalue weighted by Crippen LogP contribution is -2.05. The third kappa shape index (κ3) is 2.98. The molecule has 0 aliphatic heterocycles. The quantitative estimate of drug-likeness (QED) is 0.440. The zero-order valence-corrected chi connectivity index (χ0v) is 14.7. The molecule has 2 aromatic carbocycles. The predicted molar refractivity (Wildman–Crippen MR) is 105 cm³/mol. The maximum atomic E-state index is 12.1. The van der Waals surface area contributed by atoms with Gasteiger partial charge in [-0.25, -0.2) is 9.78 Å². The largest absolute Gasteiger partial charge is 0.481 e. The lowest BCUT2D eigenvalue weighted by Gasteiger charge is -2.08. The summed E-state index contributed by atoms with van der Waals surface area (Å²) < 4.78 is 10.3. The molecule has 0 fully saturated rings. The van der Waals surface area contributed by atoms with Gasteiger partial charge in [0.2, 0.25) is 0 Å². The van der Waals surface area contributed by atoms with Crippen LogP contribution in [0.25, 0.3) is 33.1 Å². The van der Waals surface area contributed by atoms with E-state index in [1.807, 2.05) is 48.5 Å². The van der Waals surface area contributed by atoms with Crippen molar-refractivity contribution < 1.29 is 14.3 Å². The van der Waals surface area contributed by atoms with E-state index >= 15 is 0 Å². The molecule has 0 atom stereocenters. The topological polar surface area (TPSA) is 64.2 Å². The van der Waals surface area contributed by atoms with E-state index in [0.717, 1.165) is 27.4 Å². The summed E-state index contributed by atoms with van der Waals surface area (Å²) in [5, 5.41) is 1.94. The lowest BCUT2D eigenvalue weighted by atomic mass is 10.1. The Kier molecular flexibility index (Phi) is 4.23. The fourth-order valence-electron chi connectivity index (χ4n) is 3.10. The highest BCUT2D eigenvalue weighted by Gasteiger charge is 2.17. The molecule has 132 valence electrons. The number of ether oxygens (including phenoxy) is 2. The van der Waals surface area contributed by atoms with Gasteiger partial charge in [-0.1, -0.05) is 24.1 Å².